The van der Waals surface area contributed by atoms with E-state index in [1.54, 1.807) is 19.3 Å². The fourth-order valence-electron chi connectivity index (χ4n) is 1.51. The van der Waals surface area contributed by atoms with Crippen LogP contribution in [0.15, 0.2) is 18.6 Å². The van der Waals surface area contributed by atoms with Gasteiger partial charge in [0.05, 0.1) is 12.2 Å². The Morgan fingerprint density at radius 2 is 2.15 bits per heavy atom. The van der Waals surface area contributed by atoms with Gasteiger partial charge in [-0.2, -0.15) is 17.4 Å². The van der Waals surface area contributed by atoms with Crippen LogP contribution in [0.5, 0.6) is 0 Å². The second-order valence-corrected chi connectivity index (χ2v) is 6.67. The summed E-state index contributed by atoms with van der Waals surface area (Å²) in [6.45, 7) is 5.55. The van der Waals surface area contributed by atoms with Gasteiger partial charge in [-0.1, -0.05) is 13.8 Å². The first-order valence-corrected chi connectivity index (χ1v) is 8.05. The minimum absolute atomic E-state index is 0.166. The molecule has 0 aliphatic heterocycles. The Kier molecular flexibility index (Phi) is 7.00. The molecule has 0 amide bonds. The molecule has 2 N–H and O–H groups in total. The molecule has 0 aromatic carbocycles. The van der Waals surface area contributed by atoms with Crippen LogP contribution in [0, 0.1) is 0 Å². The average Bonchev–Trinajstić information content (AvgIpc) is 2.42. The molecule has 0 unspecified atom stereocenters. The number of nitrogens with zero attached hydrogens (tertiary/aromatic N) is 3. The zero-order valence-electron chi connectivity index (χ0n) is 12.2. The summed E-state index contributed by atoms with van der Waals surface area (Å²) in [5.74, 6) is 0. The summed E-state index contributed by atoms with van der Waals surface area (Å²) >= 11 is 0. The van der Waals surface area contributed by atoms with Crippen LogP contribution < -0.4 is 10.0 Å². The summed E-state index contributed by atoms with van der Waals surface area (Å²) in [6, 6.07) is 2.09. The van der Waals surface area contributed by atoms with Gasteiger partial charge in [-0.15, -0.1) is 0 Å². The van der Waals surface area contributed by atoms with Gasteiger partial charge in [-0.25, -0.2) is 9.97 Å². The molecule has 0 spiro atoms. The Bertz CT molecular complexity index is 478. The van der Waals surface area contributed by atoms with Crippen LogP contribution in [-0.4, -0.2) is 48.9 Å². The third-order valence-electron chi connectivity index (χ3n) is 2.69. The van der Waals surface area contributed by atoms with E-state index in [-0.39, 0.29) is 6.54 Å². The third kappa shape index (κ3) is 6.38. The van der Waals surface area contributed by atoms with Crippen LogP contribution in [0.1, 0.15) is 26.0 Å². The first-order valence-electron chi connectivity index (χ1n) is 6.61. The van der Waals surface area contributed by atoms with E-state index < -0.39 is 10.2 Å². The van der Waals surface area contributed by atoms with E-state index >= 15 is 0 Å². The maximum atomic E-state index is 12.0. The Balaban J connectivity index is 2.35. The summed E-state index contributed by atoms with van der Waals surface area (Å²) in [6.07, 6.45) is 3.74. The SMILES string of the molecule is CC(C)NCCCN(C)S(=O)(=O)NCc1ccncn1. The first kappa shape index (κ1) is 17.0. The first-order chi connectivity index (χ1) is 9.42. The summed E-state index contributed by atoms with van der Waals surface area (Å²) in [5, 5.41) is 3.25. The topological polar surface area (TPSA) is 87.2 Å². The van der Waals surface area contributed by atoms with E-state index in [1.807, 2.05) is 0 Å². The van der Waals surface area contributed by atoms with Crippen LogP contribution in [-0.2, 0) is 16.8 Å². The van der Waals surface area contributed by atoms with Gasteiger partial charge in [0, 0.05) is 25.8 Å². The summed E-state index contributed by atoms with van der Waals surface area (Å²) in [7, 11) is -1.90. The van der Waals surface area contributed by atoms with Gasteiger partial charge >= 0.3 is 0 Å². The normalized spacial score (nSPS) is 12.2. The second-order valence-electron chi connectivity index (χ2n) is 4.81. The molecule has 1 heterocycles. The van der Waals surface area contributed by atoms with Gasteiger partial charge in [0.25, 0.3) is 10.2 Å². The molecule has 20 heavy (non-hydrogen) atoms. The lowest BCUT2D eigenvalue weighted by Gasteiger charge is -2.18. The lowest BCUT2D eigenvalue weighted by molar-refractivity contribution is 0.438. The van der Waals surface area contributed by atoms with Gasteiger partial charge in [0.1, 0.15) is 6.33 Å². The number of hydrogen-bond donors (Lipinski definition) is 2. The fraction of sp³-hybridized carbons (Fsp3) is 0.667. The van der Waals surface area contributed by atoms with Gasteiger partial charge in [-0.3, -0.25) is 0 Å². The average molecular weight is 301 g/mol. The van der Waals surface area contributed by atoms with E-state index in [2.05, 4.69) is 33.9 Å². The van der Waals surface area contributed by atoms with Gasteiger partial charge in [-0.05, 0) is 19.0 Å². The van der Waals surface area contributed by atoms with E-state index in [0.29, 0.717) is 18.3 Å². The van der Waals surface area contributed by atoms with Gasteiger partial charge in [0.2, 0.25) is 0 Å². The summed E-state index contributed by atoms with van der Waals surface area (Å²) in [4.78, 5) is 7.75. The molecule has 8 heteroatoms. The number of nitrogens with one attached hydrogen (secondary N) is 2. The van der Waals surface area contributed by atoms with E-state index in [0.717, 1.165) is 13.0 Å². The highest BCUT2D eigenvalue weighted by atomic mass is 32.2. The van der Waals surface area contributed by atoms with Crippen molar-refractivity contribution in [3.05, 3.63) is 24.3 Å². The highest BCUT2D eigenvalue weighted by Gasteiger charge is 2.16. The Labute approximate surface area is 121 Å². The van der Waals surface area contributed by atoms with Gasteiger partial charge < -0.3 is 5.32 Å². The molecule has 0 atom stereocenters. The molecule has 1 aromatic heterocycles. The highest BCUT2D eigenvalue weighted by Crippen LogP contribution is 1.98. The van der Waals surface area contributed by atoms with Crippen LogP contribution in [0.3, 0.4) is 0 Å². The van der Waals surface area contributed by atoms with Gasteiger partial charge in [0.15, 0.2) is 0 Å². The molecule has 0 saturated carbocycles. The van der Waals surface area contributed by atoms with Crippen molar-refractivity contribution in [3.8, 4) is 0 Å². The molecule has 1 rings (SSSR count). The molecule has 7 nitrogen and oxygen atoms in total. The molecule has 0 radical (unpaired) electrons. The molecule has 1 aromatic rings. The number of hydrogen-bond acceptors (Lipinski definition) is 5. The van der Waals surface area contributed by atoms with E-state index in [9.17, 15) is 8.42 Å². The van der Waals surface area contributed by atoms with Crippen LogP contribution in [0.4, 0.5) is 0 Å². The fourth-order valence-corrected chi connectivity index (χ4v) is 2.43. The predicted octanol–water partition coefficient (Wildman–Crippen LogP) is 0.131. The second kappa shape index (κ2) is 8.25. The predicted molar refractivity (Wildman–Crippen MR) is 78.2 cm³/mol. The maximum Gasteiger partial charge on any atom is 0.279 e. The van der Waals surface area contributed by atoms with Crippen LogP contribution in [0.25, 0.3) is 0 Å². The Morgan fingerprint density at radius 1 is 1.40 bits per heavy atom. The van der Waals surface area contributed by atoms with E-state index in [1.165, 1.54) is 10.6 Å². The standard InChI is InChI=1S/C12H23N5O2S/c1-11(2)14-6-4-8-17(3)20(18,19)16-9-12-5-7-13-10-15-12/h5,7,10-11,14,16H,4,6,8-9H2,1-3H3. The summed E-state index contributed by atoms with van der Waals surface area (Å²) < 4.78 is 27.8. The molecule has 0 saturated heterocycles. The lowest BCUT2D eigenvalue weighted by Crippen LogP contribution is -2.39. The van der Waals surface area contributed by atoms with Crippen molar-refractivity contribution >= 4 is 10.2 Å². The zero-order chi connectivity index (χ0) is 15.0. The third-order valence-corrected chi connectivity index (χ3v) is 4.20. The van der Waals surface area contributed by atoms with Crippen molar-refractivity contribution in [2.24, 2.45) is 0 Å². The molecule has 0 bridgehead atoms. The van der Waals surface area contributed by atoms with Crippen molar-refractivity contribution in [2.75, 3.05) is 20.1 Å². The Morgan fingerprint density at radius 3 is 2.75 bits per heavy atom. The minimum Gasteiger partial charge on any atom is -0.314 e. The zero-order valence-corrected chi connectivity index (χ0v) is 13.0. The van der Waals surface area contributed by atoms with Crippen molar-refractivity contribution in [1.82, 2.24) is 24.3 Å². The molecule has 0 aliphatic rings. The summed E-state index contributed by atoms with van der Waals surface area (Å²) in [5.41, 5.74) is 0.637. The van der Waals surface area contributed by atoms with Crippen molar-refractivity contribution < 1.29 is 8.42 Å². The molecule has 0 fully saturated rings. The maximum absolute atomic E-state index is 12.0. The van der Waals surface area contributed by atoms with E-state index in [4.69, 9.17) is 0 Å². The van der Waals surface area contributed by atoms with Crippen molar-refractivity contribution in [3.63, 3.8) is 0 Å². The quantitative estimate of drug-likeness (QED) is 0.633. The highest BCUT2D eigenvalue weighted by molar-refractivity contribution is 7.87. The number of rotatable bonds is 9. The monoisotopic (exact) mass is 301 g/mol. The minimum atomic E-state index is -3.46. The lowest BCUT2D eigenvalue weighted by atomic mass is 10.3. The molecule has 114 valence electrons. The number of aromatic nitrogens is 2. The largest absolute Gasteiger partial charge is 0.314 e. The van der Waals surface area contributed by atoms with Crippen molar-refractivity contribution in [2.45, 2.75) is 32.9 Å². The Hall–Kier alpha value is -1.09. The van der Waals surface area contributed by atoms with Crippen LogP contribution >= 0.6 is 0 Å². The molecular formula is C12H23N5O2S. The molecule has 0 aliphatic carbocycles. The van der Waals surface area contributed by atoms with Crippen LogP contribution in [0.2, 0.25) is 0 Å². The van der Waals surface area contributed by atoms with Crippen molar-refractivity contribution in [1.29, 1.82) is 0 Å². The smallest absolute Gasteiger partial charge is 0.279 e. The molecular weight excluding hydrogens is 278 g/mol.